The van der Waals surface area contributed by atoms with E-state index in [0.29, 0.717) is 21.7 Å². The highest BCUT2D eigenvalue weighted by Crippen LogP contribution is 2.37. The number of alkyl halides is 3. The Hall–Kier alpha value is -2.93. The highest BCUT2D eigenvalue weighted by molar-refractivity contribution is 7.16. The fourth-order valence-corrected chi connectivity index (χ4v) is 4.33. The Balaban J connectivity index is 2.02. The van der Waals surface area contributed by atoms with Crippen LogP contribution in [0.5, 0.6) is 0 Å². The van der Waals surface area contributed by atoms with Gasteiger partial charge in [0.1, 0.15) is 5.01 Å². The van der Waals surface area contributed by atoms with Gasteiger partial charge in [0, 0.05) is 11.1 Å². The summed E-state index contributed by atoms with van der Waals surface area (Å²) >= 11 is 1.35. The number of rotatable bonds is 4. The molecule has 0 bridgehead atoms. The van der Waals surface area contributed by atoms with Crippen LogP contribution < -0.4 is 5.73 Å². The molecule has 0 aliphatic rings. The van der Waals surface area contributed by atoms with Crippen molar-refractivity contribution in [3.63, 3.8) is 0 Å². The van der Waals surface area contributed by atoms with Crippen LogP contribution in [-0.2, 0) is 6.18 Å². The Morgan fingerprint density at radius 3 is 2.28 bits per heavy atom. The zero-order chi connectivity index (χ0) is 21.5. The van der Waals surface area contributed by atoms with Crippen LogP contribution in [0, 0.1) is 20.8 Å². The number of nitrogens with zero attached hydrogens (tertiary/aromatic N) is 1. The molecule has 2 aromatic carbocycles. The molecule has 0 unspecified atom stereocenters. The third kappa shape index (κ3) is 4.10. The molecule has 0 saturated carbocycles. The predicted molar refractivity (Wildman–Crippen MR) is 110 cm³/mol. The maximum absolute atomic E-state index is 13.0. The predicted octanol–water partition coefficient (Wildman–Crippen LogP) is 5.91. The van der Waals surface area contributed by atoms with Crippen molar-refractivity contribution in [3.8, 4) is 10.4 Å². The minimum atomic E-state index is -4.42. The lowest BCUT2D eigenvalue weighted by molar-refractivity contribution is -0.137. The van der Waals surface area contributed by atoms with Gasteiger partial charge in [-0.15, -0.1) is 11.3 Å². The van der Waals surface area contributed by atoms with E-state index in [1.54, 1.807) is 6.07 Å². The summed E-state index contributed by atoms with van der Waals surface area (Å²) in [5, 5.41) is 0.547. The maximum atomic E-state index is 13.0. The van der Waals surface area contributed by atoms with Crippen LogP contribution in [0.2, 0.25) is 0 Å². The molecule has 3 nitrogen and oxygen atoms in total. The molecule has 0 aliphatic carbocycles. The zero-order valence-electron chi connectivity index (χ0n) is 16.1. The second-order valence-electron chi connectivity index (χ2n) is 6.84. The summed E-state index contributed by atoms with van der Waals surface area (Å²) in [4.78, 5) is 17.0. The van der Waals surface area contributed by atoms with Crippen LogP contribution >= 0.6 is 11.3 Å². The number of nitrogens with two attached hydrogens (primary N) is 1. The Labute approximate surface area is 170 Å². The third-order valence-electron chi connectivity index (χ3n) is 4.63. The van der Waals surface area contributed by atoms with Crippen LogP contribution in [0.1, 0.15) is 43.3 Å². The van der Waals surface area contributed by atoms with Gasteiger partial charge in [-0.05, 0) is 67.3 Å². The molecule has 150 valence electrons. The standard InChI is InChI=1S/C22H19F3N2OS/c1-11-8-16(9-12(2)18(11)20(26)28)19-14(4)27-21(29-19)13(3)15-6-5-7-17(10-15)22(23,24)25/h5-10H,3H2,1-2,4H3,(H2,26,28). The summed E-state index contributed by atoms with van der Waals surface area (Å²) in [7, 11) is 0. The van der Waals surface area contributed by atoms with Gasteiger partial charge in [-0.3, -0.25) is 4.79 Å². The second-order valence-corrected chi connectivity index (χ2v) is 7.84. The van der Waals surface area contributed by atoms with Gasteiger partial charge in [0.15, 0.2) is 0 Å². The zero-order valence-corrected chi connectivity index (χ0v) is 17.0. The number of thiazole rings is 1. The molecule has 1 aromatic heterocycles. The number of primary amides is 1. The first-order chi connectivity index (χ1) is 13.5. The molecule has 0 spiro atoms. The topological polar surface area (TPSA) is 56.0 Å². The van der Waals surface area contributed by atoms with Gasteiger partial charge in [0.2, 0.25) is 5.91 Å². The van der Waals surface area contributed by atoms with E-state index in [1.165, 1.54) is 17.4 Å². The molecule has 0 aliphatic heterocycles. The molecule has 0 atom stereocenters. The van der Waals surface area contributed by atoms with Crippen molar-refractivity contribution in [3.05, 3.63) is 81.5 Å². The number of benzene rings is 2. The van der Waals surface area contributed by atoms with Crippen LogP contribution in [0.25, 0.3) is 16.0 Å². The first-order valence-electron chi connectivity index (χ1n) is 8.74. The number of aromatic nitrogens is 1. The van der Waals surface area contributed by atoms with E-state index in [-0.39, 0.29) is 0 Å². The Bertz CT molecular complexity index is 1110. The van der Waals surface area contributed by atoms with E-state index >= 15 is 0 Å². The van der Waals surface area contributed by atoms with Crippen molar-refractivity contribution in [2.24, 2.45) is 5.73 Å². The number of carbonyl (C=O) groups is 1. The maximum Gasteiger partial charge on any atom is 0.416 e. The Morgan fingerprint density at radius 2 is 1.72 bits per heavy atom. The smallest absolute Gasteiger partial charge is 0.366 e. The Kier molecular flexibility index (Phi) is 5.36. The summed E-state index contributed by atoms with van der Waals surface area (Å²) in [5.41, 5.74) is 9.15. The average Bonchev–Trinajstić information content (AvgIpc) is 3.01. The fraction of sp³-hybridized carbons (Fsp3) is 0.182. The third-order valence-corrected chi connectivity index (χ3v) is 5.90. The lowest BCUT2D eigenvalue weighted by Crippen LogP contribution is -2.14. The van der Waals surface area contributed by atoms with Gasteiger partial charge in [-0.2, -0.15) is 13.2 Å². The normalized spacial score (nSPS) is 11.5. The van der Waals surface area contributed by atoms with E-state index in [9.17, 15) is 18.0 Å². The molecule has 2 N–H and O–H groups in total. The summed E-state index contributed by atoms with van der Waals surface area (Å²) in [5.74, 6) is -0.480. The summed E-state index contributed by atoms with van der Waals surface area (Å²) in [6, 6.07) is 8.79. The van der Waals surface area contributed by atoms with Gasteiger partial charge in [0.05, 0.1) is 16.1 Å². The van der Waals surface area contributed by atoms with Crippen molar-refractivity contribution in [2.75, 3.05) is 0 Å². The number of hydrogen-bond donors (Lipinski definition) is 1. The van der Waals surface area contributed by atoms with E-state index in [2.05, 4.69) is 11.6 Å². The molecule has 7 heteroatoms. The first kappa shape index (κ1) is 20.8. The minimum Gasteiger partial charge on any atom is -0.366 e. The van der Waals surface area contributed by atoms with Crippen molar-refractivity contribution >= 4 is 22.8 Å². The molecule has 3 aromatic rings. The van der Waals surface area contributed by atoms with Crippen LogP contribution in [-0.4, -0.2) is 10.9 Å². The molecule has 29 heavy (non-hydrogen) atoms. The lowest BCUT2D eigenvalue weighted by atomic mass is 9.98. The van der Waals surface area contributed by atoms with Gasteiger partial charge >= 0.3 is 6.18 Å². The summed E-state index contributed by atoms with van der Waals surface area (Å²) in [6.45, 7) is 9.42. The highest BCUT2D eigenvalue weighted by atomic mass is 32.1. The van der Waals surface area contributed by atoms with Crippen molar-refractivity contribution in [1.29, 1.82) is 0 Å². The van der Waals surface area contributed by atoms with Gasteiger partial charge in [0.25, 0.3) is 0 Å². The van der Waals surface area contributed by atoms with Crippen molar-refractivity contribution in [1.82, 2.24) is 4.98 Å². The summed E-state index contributed by atoms with van der Waals surface area (Å²) < 4.78 is 39.0. The SMILES string of the molecule is C=C(c1cccc(C(F)(F)F)c1)c1nc(C)c(-c2cc(C)c(C(N)=O)c(C)c2)s1. The van der Waals surface area contributed by atoms with Crippen LogP contribution in [0.3, 0.4) is 0 Å². The molecule has 0 fully saturated rings. The van der Waals surface area contributed by atoms with E-state index in [0.717, 1.165) is 39.4 Å². The molecule has 0 radical (unpaired) electrons. The number of carbonyl (C=O) groups excluding carboxylic acids is 1. The number of hydrogen-bond acceptors (Lipinski definition) is 3. The van der Waals surface area contributed by atoms with Crippen LogP contribution in [0.4, 0.5) is 13.2 Å². The van der Waals surface area contributed by atoms with Crippen molar-refractivity contribution in [2.45, 2.75) is 26.9 Å². The van der Waals surface area contributed by atoms with E-state index in [4.69, 9.17) is 5.73 Å². The first-order valence-corrected chi connectivity index (χ1v) is 9.56. The van der Waals surface area contributed by atoms with E-state index in [1.807, 2.05) is 32.9 Å². The molecule has 1 amide bonds. The molecular weight excluding hydrogens is 397 g/mol. The lowest BCUT2D eigenvalue weighted by Gasteiger charge is -2.09. The second kappa shape index (κ2) is 7.48. The van der Waals surface area contributed by atoms with Gasteiger partial charge < -0.3 is 5.73 Å². The average molecular weight is 416 g/mol. The Morgan fingerprint density at radius 1 is 1.10 bits per heavy atom. The van der Waals surface area contributed by atoms with Crippen molar-refractivity contribution < 1.29 is 18.0 Å². The monoisotopic (exact) mass is 416 g/mol. The number of halogens is 3. The fourth-order valence-electron chi connectivity index (χ4n) is 3.28. The number of amides is 1. The minimum absolute atomic E-state index is 0.372. The highest BCUT2D eigenvalue weighted by Gasteiger charge is 2.30. The molecule has 0 saturated heterocycles. The molecular formula is C22H19F3N2OS. The van der Waals surface area contributed by atoms with E-state index < -0.39 is 17.6 Å². The van der Waals surface area contributed by atoms with Gasteiger partial charge in [-0.1, -0.05) is 18.7 Å². The summed E-state index contributed by atoms with van der Waals surface area (Å²) in [6.07, 6.45) is -4.42. The quantitative estimate of drug-likeness (QED) is 0.574. The largest absolute Gasteiger partial charge is 0.416 e. The molecule has 1 heterocycles. The number of aryl methyl sites for hydroxylation is 3. The van der Waals surface area contributed by atoms with Gasteiger partial charge in [-0.25, -0.2) is 4.98 Å². The van der Waals surface area contributed by atoms with Crippen LogP contribution in [0.15, 0.2) is 43.0 Å². The molecule has 3 rings (SSSR count).